The minimum absolute atomic E-state index is 0.190. The first-order valence-corrected chi connectivity index (χ1v) is 9.14. The number of halogens is 2. The van der Waals surface area contributed by atoms with Gasteiger partial charge in [-0.05, 0) is 47.0 Å². The van der Waals surface area contributed by atoms with E-state index in [1.807, 2.05) is 0 Å². The number of unbranched alkanes of at least 4 members (excludes halogenated alkanes) is 1. The summed E-state index contributed by atoms with van der Waals surface area (Å²) in [6.07, 6.45) is 1.50. The van der Waals surface area contributed by atoms with Gasteiger partial charge in [0.1, 0.15) is 0 Å². The summed E-state index contributed by atoms with van der Waals surface area (Å²) in [5.41, 5.74) is 0. The van der Waals surface area contributed by atoms with E-state index in [0.29, 0.717) is 42.3 Å². The minimum atomic E-state index is -3.50. The third kappa shape index (κ3) is 7.08. The number of sulfonamides is 1. The molecule has 0 aliphatic rings. The lowest BCUT2D eigenvalue weighted by molar-refractivity contribution is 0.0689. The quantitative estimate of drug-likeness (QED) is 0.613. The Hall–Kier alpha value is -0.180. The Morgan fingerprint density at radius 1 is 1.24 bits per heavy atom. The predicted molar refractivity (Wildman–Crippen MR) is 86.3 cm³/mol. The highest BCUT2D eigenvalue weighted by Crippen LogP contribution is 2.25. The van der Waals surface area contributed by atoms with Crippen LogP contribution < -0.4 is 4.72 Å². The van der Waals surface area contributed by atoms with Crippen LogP contribution in [-0.4, -0.2) is 41.9 Å². The molecule has 1 N–H and O–H groups in total. The summed E-state index contributed by atoms with van der Waals surface area (Å²) >= 11 is 9.05. The Balaban J connectivity index is 2.31. The SMILES string of the molecule is COCCOCCCCNS(=O)(=O)c1ccc(Cl)c(Br)c1. The average molecular weight is 401 g/mol. The number of rotatable bonds is 10. The average Bonchev–Trinajstić information content (AvgIpc) is 2.44. The van der Waals surface area contributed by atoms with Gasteiger partial charge in [-0.25, -0.2) is 13.1 Å². The van der Waals surface area contributed by atoms with Crippen molar-refractivity contribution in [2.75, 3.05) is 33.5 Å². The topological polar surface area (TPSA) is 64.6 Å². The third-order valence-electron chi connectivity index (χ3n) is 2.64. The number of hydrogen-bond acceptors (Lipinski definition) is 4. The number of methoxy groups -OCH3 is 1. The van der Waals surface area contributed by atoms with Crippen molar-refractivity contribution in [1.29, 1.82) is 0 Å². The van der Waals surface area contributed by atoms with Crippen LogP contribution in [0.15, 0.2) is 27.6 Å². The van der Waals surface area contributed by atoms with E-state index in [2.05, 4.69) is 20.7 Å². The first-order chi connectivity index (χ1) is 9.97. The van der Waals surface area contributed by atoms with Crippen LogP contribution in [0, 0.1) is 0 Å². The van der Waals surface area contributed by atoms with Gasteiger partial charge in [-0.1, -0.05) is 11.6 Å². The highest BCUT2D eigenvalue weighted by molar-refractivity contribution is 9.10. The van der Waals surface area contributed by atoms with Crippen LogP contribution in [0.5, 0.6) is 0 Å². The molecule has 8 heteroatoms. The summed E-state index contributed by atoms with van der Waals surface area (Å²) < 4.78 is 37.3. The van der Waals surface area contributed by atoms with Gasteiger partial charge in [-0.3, -0.25) is 0 Å². The van der Waals surface area contributed by atoms with Gasteiger partial charge in [0.2, 0.25) is 10.0 Å². The Labute approximate surface area is 139 Å². The van der Waals surface area contributed by atoms with E-state index in [-0.39, 0.29) is 4.90 Å². The van der Waals surface area contributed by atoms with E-state index in [1.54, 1.807) is 13.2 Å². The van der Waals surface area contributed by atoms with Crippen molar-refractivity contribution in [3.8, 4) is 0 Å². The van der Waals surface area contributed by atoms with E-state index >= 15 is 0 Å². The zero-order valence-electron chi connectivity index (χ0n) is 11.8. The van der Waals surface area contributed by atoms with Gasteiger partial charge >= 0.3 is 0 Å². The molecule has 0 aromatic heterocycles. The third-order valence-corrected chi connectivity index (χ3v) is 5.31. The van der Waals surface area contributed by atoms with Crippen LogP contribution in [0.4, 0.5) is 0 Å². The van der Waals surface area contributed by atoms with Gasteiger partial charge in [0, 0.05) is 24.7 Å². The van der Waals surface area contributed by atoms with Crippen molar-refractivity contribution in [3.05, 3.63) is 27.7 Å². The van der Waals surface area contributed by atoms with Crippen LogP contribution in [0.1, 0.15) is 12.8 Å². The second-order valence-corrected chi connectivity index (χ2v) is 7.31. The first-order valence-electron chi connectivity index (χ1n) is 6.49. The summed E-state index contributed by atoms with van der Waals surface area (Å²) in [7, 11) is -1.88. The molecule has 0 fully saturated rings. The first kappa shape index (κ1) is 18.9. The van der Waals surface area contributed by atoms with Gasteiger partial charge in [-0.15, -0.1) is 0 Å². The van der Waals surface area contributed by atoms with Gasteiger partial charge < -0.3 is 9.47 Å². The summed E-state index contributed by atoms with van der Waals surface area (Å²) in [5, 5.41) is 0.474. The van der Waals surface area contributed by atoms with E-state index in [4.69, 9.17) is 21.1 Å². The molecule has 0 amide bonds. The molecule has 5 nitrogen and oxygen atoms in total. The Bertz CT molecular complexity index is 539. The molecule has 0 aliphatic carbocycles. The predicted octanol–water partition coefficient (Wildman–Crippen LogP) is 2.82. The number of nitrogens with one attached hydrogen (secondary N) is 1. The van der Waals surface area contributed by atoms with Crippen molar-refractivity contribution in [2.45, 2.75) is 17.7 Å². The molecule has 0 atom stereocenters. The summed E-state index contributed by atoms with van der Waals surface area (Å²) in [6.45, 7) is 2.09. The van der Waals surface area contributed by atoms with Crippen LogP contribution in [-0.2, 0) is 19.5 Å². The van der Waals surface area contributed by atoms with Crippen molar-refractivity contribution >= 4 is 37.6 Å². The van der Waals surface area contributed by atoms with Crippen LogP contribution in [0.25, 0.3) is 0 Å². The molecular formula is C13H19BrClNO4S. The Morgan fingerprint density at radius 2 is 2.00 bits per heavy atom. The van der Waals surface area contributed by atoms with Crippen LogP contribution >= 0.6 is 27.5 Å². The molecular weight excluding hydrogens is 382 g/mol. The highest BCUT2D eigenvalue weighted by atomic mass is 79.9. The number of ether oxygens (including phenoxy) is 2. The van der Waals surface area contributed by atoms with E-state index in [9.17, 15) is 8.42 Å². The van der Waals surface area contributed by atoms with Crippen LogP contribution in [0.2, 0.25) is 5.02 Å². The molecule has 120 valence electrons. The number of benzene rings is 1. The number of hydrogen-bond donors (Lipinski definition) is 1. The van der Waals surface area contributed by atoms with Crippen LogP contribution in [0.3, 0.4) is 0 Å². The molecule has 0 radical (unpaired) electrons. The van der Waals surface area contributed by atoms with Gasteiger partial charge in [-0.2, -0.15) is 0 Å². The molecule has 0 spiro atoms. The minimum Gasteiger partial charge on any atom is -0.382 e. The lowest BCUT2D eigenvalue weighted by Gasteiger charge is -2.08. The molecule has 0 saturated heterocycles. The Kier molecular flexibility index (Phi) is 8.77. The molecule has 21 heavy (non-hydrogen) atoms. The fourth-order valence-electron chi connectivity index (χ4n) is 1.51. The maximum absolute atomic E-state index is 12.0. The lowest BCUT2D eigenvalue weighted by Crippen LogP contribution is -2.25. The van der Waals surface area contributed by atoms with Gasteiger partial charge in [0.05, 0.1) is 23.1 Å². The Morgan fingerprint density at radius 3 is 2.67 bits per heavy atom. The standard InChI is InChI=1S/C13H19BrClNO4S/c1-19-8-9-20-7-3-2-6-16-21(17,18)11-4-5-13(15)12(14)10-11/h4-5,10,16H,2-3,6-9H2,1H3. The van der Waals surface area contributed by atoms with Gasteiger partial charge in [0.15, 0.2) is 0 Å². The maximum Gasteiger partial charge on any atom is 0.240 e. The van der Waals surface area contributed by atoms with Crippen molar-refractivity contribution < 1.29 is 17.9 Å². The zero-order chi connectivity index (χ0) is 15.7. The largest absolute Gasteiger partial charge is 0.382 e. The summed E-state index contributed by atoms with van der Waals surface area (Å²) in [4.78, 5) is 0.190. The van der Waals surface area contributed by atoms with Crippen molar-refractivity contribution in [1.82, 2.24) is 4.72 Å². The van der Waals surface area contributed by atoms with E-state index in [1.165, 1.54) is 12.1 Å². The molecule has 0 heterocycles. The molecule has 0 aliphatic heterocycles. The zero-order valence-corrected chi connectivity index (χ0v) is 14.9. The second-order valence-electron chi connectivity index (χ2n) is 4.29. The van der Waals surface area contributed by atoms with Crippen molar-refractivity contribution in [2.24, 2.45) is 0 Å². The normalized spacial score (nSPS) is 11.8. The molecule has 1 aromatic carbocycles. The molecule has 0 unspecified atom stereocenters. The fraction of sp³-hybridized carbons (Fsp3) is 0.538. The van der Waals surface area contributed by atoms with E-state index < -0.39 is 10.0 Å². The molecule has 1 aromatic rings. The monoisotopic (exact) mass is 399 g/mol. The molecule has 1 rings (SSSR count). The lowest BCUT2D eigenvalue weighted by atomic mass is 10.3. The van der Waals surface area contributed by atoms with E-state index in [0.717, 1.165) is 6.42 Å². The molecule has 0 bridgehead atoms. The second kappa shape index (κ2) is 9.76. The van der Waals surface area contributed by atoms with Crippen molar-refractivity contribution in [3.63, 3.8) is 0 Å². The molecule has 0 saturated carbocycles. The summed E-state index contributed by atoms with van der Waals surface area (Å²) in [6, 6.07) is 4.51. The maximum atomic E-state index is 12.0. The summed E-state index contributed by atoms with van der Waals surface area (Å²) in [5.74, 6) is 0. The highest BCUT2D eigenvalue weighted by Gasteiger charge is 2.14. The smallest absolute Gasteiger partial charge is 0.240 e. The fourth-order valence-corrected chi connectivity index (χ4v) is 3.26. The van der Waals surface area contributed by atoms with Gasteiger partial charge in [0.25, 0.3) is 0 Å².